The zero-order valence-electron chi connectivity index (χ0n) is 21.6. The number of carbonyl (C=O) groups is 2. The summed E-state index contributed by atoms with van der Waals surface area (Å²) in [5, 5.41) is 3.59. The Morgan fingerprint density at radius 3 is 2.14 bits per heavy atom. The van der Waals surface area contributed by atoms with Gasteiger partial charge in [-0.25, -0.2) is 8.42 Å². The molecule has 0 saturated carbocycles. The van der Waals surface area contributed by atoms with Crippen LogP contribution in [0.15, 0.2) is 36.4 Å². The molecule has 0 aliphatic rings. The van der Waals surface area contributed by atoms with Crippen molar-refractivity contribution < 1.29 is 18.0 Å². The summed E-state index contributed by atoms with van der Waals surface area (Å²) in [4.78, 5) is 28.2. The van der Waals surface area contributed by atoms with Gasteiger partial charge in [-0.2, -0.15) is 0 Å². The van der Waals surface area contributed by atoms with Crippen LogP contribution in [0.5, 0.6) is 0 Å². The highest BCUT2D eigenvalue weighted by molar-refractivity contribution is 7.92. The number of halogens is 2. The molecule has 0 bridgehead atoms. The van der Waals surface area contributed by atoms with Gasteiger partial charge < -0.3 is 10.2 Å². The Kier molecular flexibility index (Phi) is 10.6. The van der Waals surface area contributed by atoms with Crippen molar-refractivity contribution in [3.8, 4) is 0 Å². The van der Waals surface area contributed by atoms with Crippen LogP contribution in [0, 0.1) is 19.8 Å². The maximum atomic E-state index is 13.7. The molecule has 0 spiro atoms. The fourth-order valence-electron chi connectivity index (χ4n) is 3.69. The summed E-state index contributed by atoms with van der Waals surface area (Å²) in [6, 6.07) is 9.36. The third-order valence-electron chi connectivity index (χ3n) is 5.92. The second kappa shape index (κ2) is 12.8. The number of carbonyl (C=O) groups excluding carboxylic acids is 2. The number of anilines is 1. The number of nitrogens with zero attached hydrogens (tertiary/aromatic N) is 2. The normalized spacial score (nSPS) is 12.4. The molecule has 2 rings (SSSR count). The average molecular weight is 557 g/mol. The smallest absolute Gasteiger partial charge is 0.244 e. The molecule has 0 radical (unpaired) electrons. The highest BCUT2D eigenvalue weighted by Crippen LogP contribution is 2.28. The van der Waals surface area contributed by atoms with Gasteiger partial charge in [0.2, 0.25) is 21.8 Å². The van der Waals surface area contributed by atoms with E-state index in [-0.39, 0.29) is 18.4 Å². The minimum absolute atomic E-state index is 0.0462. The topological polar surface area (TPSA) is 86.8 Å². The molecule has 0 aliphatic carbocycles. The van der Waals surface area contributed by atoms with Crippen LogP contribution in [0.3, 0.4) is 0 Å². The van der Waals surface area contributed by atoms with Gasteiger partial charge in [-0.3, -0.25) is 13.9 Å². The first-order valence-corrected chi connectivity index (χ1v) is 14.4. The van der Waals surface area contributed by atoms with E-state index in [1.165, 1.54) is 4.90 Å². The van der Waals surface area contributed by atoms with Gasteiger partial charge in [0.05, 0.1) is 11.9 Å². The lowest BCUT2D eigenvalue weighted by Crippen LogP contribution is -2.52. The fraction of sp³-hybridized carbons (Fsp3) is 0.462. The van der Waals surface area contributed by atoms with Gasteiger partial charge >= 0.3 is 0 Å². The van der Waals surface area contributed by atoms with Gasteiger partial charge in [0.15, 0.2) is 0 Å². The summed E-state index contributed by atoms with van der Waals surface area (Å²) in [6.07, 6.45) is 1.37. The van der Waals surface area contributed by atoms with E-state index in [4.69, 9.17) is 23.2 Å². The number of benzene rings is 2. The SMILES string of the molecule is CCC(C(=O)NCC(C)C)N(Cc1c(Cl)cccc1Cl)C(=O)CN(c1ccc(C)c(C)c1)S(C)(=O)=O. The second-order valence-electron chi connectivity index (χ2n) is 9.32. The molecule has 0 fully saturated rings. The van der Waals surface area contributed by atoms with E-state index in [0.717, 1.165) is 21.7 Å². The van der Waals surface area contributed by atoms with Gasteiger partial charge in [0.1, 0.15) is 12.6 Å². The minimum Gasteiger partial charge on any atom is -0.354 e. The van der Waals surface area contributed by atoms with Crippen LogP contribution >= 0.6 is 23.2 Å². The minimum atomic E-state index is -3.81. The Balaban J connectivity index is 2.50. The number of sulfonamides is 1. The monoisotopic (exact) mass is 555 g/mol. The molecule has 1 N–H and O–H groups in total. The van der Waals surface area contributed by atoms with Crippen LogP contribution in [-0.4, -0.2) is 50.5 Å². The van der Waals surface area contributed by atoms with E-state index in [2.05, 4.69) is 5.32 Å². The highest BCUT2D eigenvalue weighted by Gasteiger charge is 2.32. The van der Waals surface area contributed by atoms with Gasteiger partial charge in [0.25, 0.3) is 0 Å². The predicted octanol–water partition coefficient (Wildman–Crippen LogP) is 4.96. The standard InChI is InChI=1S/C26H35Cl2N3O4S/c1-7-24(26(33)29-14-17(2)3)30(15-21-22(27)9-8-10-23(21)28)25(32)16-31(36(6,34)35)20-12-11-18(4)19(5)13-20/h8-13,17,24H,7,14-16H2,1-6H3,(H,29,33). The summed E-state index contributed by atoms with van der Waals surface area (Å²) in [5.74, 6) is -0.639. The lowest BCUT2D eigenvalue weighted by molar-refractivity contribution is -0.140. The molecule has 1 unspecified atom stereocenters. The molecule has 2 aromatic rings. The largest absolute Gasteiger partial charge is 0.354 e. The van der Waals surface area contributed by atoms with Crippen molar-refractivity contribution in [3.63, 3.8) is 0 Å². The molecule has 0 saturated heterocycles. The summed E-state index contributed by atoms with van der Waals surface area (Å²) in [5.41, 5.74) is 2.76. The van der Waals surface area contributed by atoms with E-state index >= 15 is 0 Å². The summed E-state index contributed by atoms with van der Waals surface area (Å²) >= 11 is 12.8. The maximum absolute atomic E-state index is 13.7. The van der Waals surface area contributed by atoms with Crippen molar-refractivity contribution in [3.05, 3.63) is 63.1 Å². The summed E-state index contributed by atoms with van der Waals surface area (Å²) in [6.45, 7) is 9.47. The van der Waals surface area contributed by atoms with Crippen molar-refractivity contribution in [2.75, 3.05) is 23.7 Å². The Labute approximate surface area is 224 Å². The van der Waals surface area contributed by atoms with E-state index in [9.17, 15) is 18.0 Å². The first kappa shape index (κ1) is 29.9. The third kappa shape index (κ3) is 7.85. The predicted molar refractivity (Wildman–Crippen MR) is 147 cm³/mol. The van der Waals surface area contributed by atoms with Crippen LogP contribution in [0.2, 0.25) is 10.0 Å². The molecule has 10 heteroatoms. The summed E-state index contributed by atoms with van der Waals surface area (Å²) < 4.78 is 26.5. The van der Waals surface area contributed by atoms with Gasteiger partial charge in [-0.1, -0.05) is 56.1 Å². The van der Waals surface area contributed by atoms with Gasteiger partial charge in [-0.05, 0) is 61.6 Å². The number of rotatable bonds is 11. The number of nitrogens with one attached hydrogen (secondary N) is 1. The molecule has 1 atom stereocenters. The number of amides is 2. The Morgan fingerprint density at radius 2 is 1.64 bits per heavy atom. The van der Waals surface area contributed by atoms with E-state index in [0.29, 0.717) is 34.3 Å². The summed E-state index contributed by atoms with van der Waals surface area (Å²) in [7, 11) is -3.81. The fourth-order valence-corrected chi connectivity index (χ4v) is 5.05. The number of hydrogen-bond donors (Lipinski definition) is 1. The molecule has 198 valence electrons. The van der Waals surface area contributed by atoms with Crippen molar-refractivity contribution >= 4 is 50.7 Å². The van der Waals surface area contributed by atoms with Crippen LogP contribution in [-0.2, 0) is 26.2 Å². The molecule has 7 nitrogen and oxygen atoms in total. The van der Waals surface area contributed by atoms with Crippen LogP contribution in [0.4, 0.5) is 5.69 Å². The molecule has 36 heavy (non-hydrogen) atoms. The molecule has 2 amide bonds. The van der Waals surface area contributed by atoms with Crippen molar-refractivity contribution in [2.45, 2.75) is 53.6 Å². The lowest BCUT2D eigenvalue weighted by atomic mass is 10.1. The molecule has 0 heterocycles. The molecule has 0 aliphatic heterocycles. The van der Waals surface area contributed by atoms with Crippen molar-refractivity contribution in [2.24, 2.45) is 5.92 Å². The van der Waals surface area contributed by atoms with E-state index in [1.54, 1.807) is 37.3 Å². The third-order valence-corrected chi connectivity index (χ3v) is 7.77. The second-order valence-corrected chi connectivity index (χ2v) is 12.0. The zero-order chi connectivity index (χ0) is 27.2. The lowest BCUT2D eigenvalue weighted by Gasteiger charge is -2.33. The number of hydrogen-bond acceptors (Lipinski definition) is 4. The van der Waals surface area contributed by atoms with Crippen LogP contribution in [0.1, 0.15) is 43.9 Å². The molecular formula is C26H35Cl2N3O4S. The van der Waals surface area contributed by atoms with Gasteiger partial charge in [0, 0.05) is 28.7 Å². The molecule has 2 aromatic carbocycles. The Hall–Kier alpha value is -2.29. The first-order valence-electron chi connectivity index (χ1n) is 11.8. The Bertz CT molecular complexity index is 1180. The first-order chi connectivity index (χ1) is 16.8. The van der Waals surface area contributed by atoms with E-state index in [1.807, 2.05) is 33.8 Å². The maximum Gasteiger partial charge on any atom is 0.244 e. The van der Waals surface area contributed by atoms with E-state index < -0.39 is 28.5 Å². The average Bonchev–Trinajstić information content (AvgIpc) is 2.78. The van der Waals surface area contributed by atoms with Crippen molar-refractivity contribution in [1.29, 1.82) is 0 Å². The highest BCUT2D eigenvalue weighted by atomic mass is 35.5. The van der Waals surface area contributed by atoms with Crippen LogP contribution < -0.4 is 9.62 Å². The van der Waals surface area contributed by atoms with Crippen LogP contribution in [0.25, 0.3) is 0 Å². The zero-order valence-corrected chi connectivity index (χ0v) is 24.0. The van der Waals surface area contributed by atoms with Crippen molar-refractivity contribution in [1.82, 2.24) is 10.2 Å². The van der Waals surface area contributed by atoms with Gasteiger partial charge in [-0.15, -0.1) is 0 Å². The number of aryl methyl sites for hydroxylation is 2. The Morgan fingerprint density at radius 1 is 1.03 bits per heavy atom. The quantitative estimate of drug-likeness (QED) is 0.424. The molecule has 0 aromatic heterocycles. The molecular weight excluding hydrogens is 521 g/mol.